The lowest BCUT2D eigenvalue weighted by Gasteiger charge is -2.19. The van der Waals surface area contributed by atoms with Crippen LogP contribution in [0.25, 0.3) is 0 Å². The number of ether oxygens (including phenoxy) is 2. The molecule has 11 nitrogen and oxygen atoms in total. The van der Waals surface area contributed by atoms with E-state index in [9.17, 15) is 14.4 Å². The van der Waals surface area contributed by atoms with Gasteiger partial charge in [0.25, 0.3) is 0 Å². The van der Waals surface area contributed by atoms with Gasteiger partial charge < -0.3 is 25.8 Å². The van der Waals surface area contributed by atoms with Gasteiger partial charge in [-0.15, -0.1) is 0 Å². The minimum Gasteiger partial charge on any atom is -0.444 e. The molecule has 2 amide bonds. The molecule has 0 bridgehead atoms. The highest BCUT2D eigenvalue weighted by atomic mass is 16.6. The van der Waals surface area contributed by atoms with E-state index >= 15 is 0 Å². The summed E-state index contributed by atoms with van der Waals surface area (Å²) in [6.45, 7) is 5.18. The molecule has 0 fully saturated rings. The quantitative estimate of drug-likeness (QED) is 0.225. The predicted octanol–water partition coefficient (Wildman–Crippen LogP) is 3.60. The molecule has 0 saturated heterocycles. The second-order valence-electron chi connectivity index (χ2n) is 7.86. The van der Waals surface area contributed by atoms with Crippen molar-refractivity contribution in [1.29, 1.82) is 0 Å². The maximum absolute atomic E-state index is 12.0. The number of nitrogens with zero attached hydrogens (tertiary/aromatic N) is 3. The van der Waals surface area contributed by atoms with Gasteiger partial charge in [0, 0.05) is 6.42 Å². The number of nitrogen functional groups attached to an aromatic ring is 1. The van der Waals surface area contributed by atoms with Crippen molar-refractivity contribution in [2.45, 2.75) is 39.2 Å². The third-order valence-corrected chi connectivity index (χ3v) is 3.75. The predicted molar refractivity (Wildman–Crippen MR) is 122 cm³/mol. The van der Waals surface area contributed by atoms with E-state index in [4.69, 9.17) is 15.2 Å². The van der Waals surface area contributed by atoms with Gasteiger partial charge in [-0.25, -0.2) is 9.78 Å². The molecule has 11 heteroatoms. The molecule has 176 valence electrons. The minimum absolute atomic E-state index is 0.0696. The van der Waals surface area contributed by atoms with Crippen LogP contribution in [0.1, 0.15) is 33.6 Å². The first-order valence-electron chi connectivity index (χ1n) is 10.3. The fourth-order valence-electron chi connectivity index (χ4n) is 2.37. The Labute approximate surface area is 191 Å². The number of nitrogens with two attached hydrogens (primary N) is 1. The van der Waals surface area contributed by atoms with E-state index in [0.29, 0.717) is 24.4 Å². The Hall–Kier alpha value is -4.02. The Morgan fingerprint density at radius 1 is 1.09 bits per heavy atom. The molecule has 2 rings (SSSR count). The highest BCUT2D eigenvalue weighted by Gasteiger charge is 2.16. The summed E-state index contributed by atoms with van der Waals surface area (Å²) >= 11 is 0. The van der Waals surface area contributed by atoms with Gasteiger partial charge >= 0.3 is 12.1 Å². The Bertz CT molecular complexity index is 989. The van der Waals surface area contributed by atoms with Crippen molar-refractivity contribution in [2.24, 2.45) is 10.2 Å². The maximum atomic E-state index is 12.0. The third kappa shape index (κ3) is 10.2. The topological polar surface area (TPSA) is 157 Å². The largest absolute Gasteiger partial charge is 0.444 e. The molecule has 4 N–H and O–H groups in total. The van der Waals surface area contributed by atoms with Crippen molar-refractivity contribution in [3.8, 4) is 5.75 Å². The van der Waals surface area contributed by atoms with Gasteiger partial charge in [0.2, 0.25) is 5.91 Å². The summed E-state index contributed by atoms with van der Waals surface area (Å²) in [5, 5.41) is 12.9. The average Bonchev–Trinajstić information content (AvgIpc) is 2.73. The fourth-order valence-corrected chi connectivity index (χ4v) is 2.37. The number of aromatic nitrogens is 1. The van der Waals surface area contributed by atoms with Gasteiger partial charge in [0.15, 0.2) is 5.82 Å². The summed E-state index contributed by atoms with van der Waals surface area (Å²) in [6.07, 6.45) is -0.0418. The minimum atomic E-state index is -0.700. The normalized spacial score (nSPS) is 11.1. The lowest BCUT2D eigenvalue weighted by molar-refractivity contribution is -0.134. The van der Waals surface area contributed by atoms with Crippen LogP contribution < -0.4 is 21.1 Å². The standard InChI is InChI=1S/C22H28N6O5/c1-22(2,3)33-21(31)24-14-18(29)26-17-12-11-16(20(23)27-17)28-25-13-7-10-19(30)32-15-8-5-4-6-9-15/h4-6,8-9,11-12H,7,10,13-14H2,1-3H3,(H,24,31)(H3,23,26,27,29)/b28-25+. The number of hydrogen-bond acceptors (Lipinski definition) is 9. The number of amides is 2. The van der Waals surface area contributed by atoms with Crippen LogP contribution in [0.2, 0.25) is 0 Å². The van der Waals surface area contributed by atoms with Gasteiger partial charge in [0.05, 0.1) is 6.54 Å². The summed E-state index contributed by atoms with van der Waals surface area (Å²) in [7, 11) is 0. The zero-order valence-corrected chi connectivity index (χ0v) is 18.8. The Kier molecular flexibility index (Phi) is 9.28. The first-order chi connectivity index (χ1) is 15.6. The number of benzene rings is 1. The van der Waals surface area contributed by atoms with Crippen molar-refractivity contribution in [3.63, 3.8) is 0 Å². The molecule has 2 aromatic rings. The second kappa shape index (κ2) is 12.1. The van der Waals surface area contributed by atoms with Gasteiger partial charge in [-0.05, 0) is 51.5 Å². The SMILES string of the molecule is CC(C)(C)OC(=O)NCC(=O)Nc1ccc(/N=N/CCCC(=O)Oc2ccccc2)c(N)n1. The number of pyridine rings is 1. The number of alkyl carbamates (subject to hydrolysis) is 1. The molecule has 0 aliphatic carbocycles. The molecule has 0 atom stereocenters. The first kappa shape index (κ1) is 25.2. The van der Waals surface area contributed by atoms with Gasteiger partial charge in [0.1, 0.15) is 29.4 Å². The molecule has 0 aliphatic rings. The number of para-hydroxylation sites is 1. The van der Waals surface area contributed by atoms with Crippen molar-refractivity contribution >= 4 is 35.3 Å². The van der Waals surface area contributed by atoms with Crippen molar-refractivity contribution in [2.75, 3.05) is 24.1 Å². The first-order valence-corrected chi connectivity index (χ1v) is 10.3. The number of nitrogens with one attached hydrogen (secondary N) is 2. The molecule has 33 heavy (non-hydrogen) atoms. The highest BCUT2D eigenvalue weighted by Crippen LogP contribution is 2.22. The van der Waals surface area contributed by atoms with Crippen molar-refractivity contribution in [1.82, 2.24) is 10.3 Å². The molecule has 1 aromatic heterocycles. The number of azo groups is 1. The molecule has 1 aromatic carbocycles. The van der Waals surface area contributed by atoms with E-state index < -0.39 is 17.6 Å². The molecule has 0 spiro atoms. The maximum Gasteiger partial charge on any atom is 0.408 e. The summed E-state index contributed by atoms with van der Waals surface area (Å²) in [5.41, 5.74) is 5.52. The summed E-state index contributed by atoms with van der Waals surface area (Å²) in [4.78, 5) is 39.4. The number of anilines is 2. The highest BCUT2D eigenvalue weighted by molar-refractivity contribution is 5.93. The molecule has 0 aliphatic heterocycles. The van der Waals surface area contributed by atoms with Crippen LogP contribution in [-0.4, -0.2) is 41.6 Å². The lowest BCUT2D eigenvalue weighted by atomic mass is 10.2. The summed E-state index contributed by atoms with van der Waals surface area (Å²) in [5.74, 6) is -0.0784. The smallest absolute Gasteiger partial charge is 0.408 e. The van der Waals surface area contributed by atoms with Crippen LogP contribution in [0, 0.1) is 0 Å². The van der Waals surface area contributed by atoms with Crippen LogP contribution >= 0.6 is 0 Å². The number of esters is 1. The lowest BCUT2D eigenvalue weighted by Crippen LogP contribution is -2.37. The van der Waals surface area contributed by atoms with Gasteiger partial charge in [-0.1, -0.05) is 18.2 Å². The van der Waals surface area contributed by atoms with Crippen LogP contribution in [0.15, 0.2) is 52.7 Å². The van der Waals surface area contributed by atoms with Crippen LogP contribution in [0.5, 0.6) is 5.75 Å². The molecule has 0 unspecified atom stereocenters. The molecule has 0 saturated carbocycles. The number of carbonyl (C=O) groups is 3. The fraction of sp³-hybridized carbons (Fsp3) is 0.364. The molecular weight excluding hydrogens is 428 g/mol. The van der Waals surface area contributed by atoms with E-state index in [1.165, 1.54) is 6.07 Å². The van der Waals surface area contributed by atoms with E-state index in [2.05, 4.69) is 25.8 Å². The Morgan fingerprint density at radius 2 is 1.82 bits per heavy atom. The van der Waals surface area contributed by atoms with Crippen LogP contribution in [0.4, 0.5) is 22.1 Å². The van der Waals surface area contributed by atoms with E-state index in [1.54, 1.807) is 51.1 Å². The molecular formula is C22H28N6O5. The van der Waals surface area contributed by atoms with Crippen LogP contribution in [-0.2, 0) is 14.3 Å². The van der Waals surface area contributed by atoms with E-state index in [-0.39, 0.29) is 30.6 Å². The summed E-state index contributed by atoms with van der Waals surface area (Å²) in [6, 6.07) is 11.9. The third-order valence-electron chi connectivity index (χ3n) is 3.75. The van der Waals surface area contributed by atoms with Crippen molar-refractivity contribution < 1.29 is 23.9 Å². The van der Waals surface area contributed by atoms with E-state index in [0.717, 1.165) is 0 Å². The average molecular weight is 457 g/mol. The second-order valence-corrected chi connectivity index (χ2v) is 7.86. The molecule has 0 radical (unpaired) electrons. The van der Waals surface area contributed by atoms with Gasteiger partial charge in [-0.3, -0.25) is 9.59 Å². The Morgan fingerprint density at radius 3 is 2.48 bits per heavy atom. The Balaban J connectivity index is 1.73. The zero-order valence-electron chi connectivity index (χ0n) is 18.8. The van der Waals surface area contributed by atoms with Crippen molar-refractivity contribution in [3.05, 3.63) is 42.5 Å². The monoisotopic (exact) mass is 456 g/mol. The number of carbonyl (C=O) groups excluding carboxylic acids is 3. The summed E-state index contributed by atoms with van der Waals surface area (Å²) < 4.78 is 10.2. The number of hydrogen-bond donors (Lipinski definition) is 3. The molecule has 1 heterocycles. The van der Waals surface area contributed by atoms with E-state index in [1.807, 2.05) is 6.07 Å². The van der Waals surface area contributed by atoms with Crippen LogP contribution in [0.3, 0.4) is 0 Å². The zero-order chi connectivity index (χ0) is 24.3. The van der Waals surface area contributed by atoms with Gasteiger partial charge in [-0.2, -0.15) is 10.2 Å². The number of rotatable bonds is 9.